The van der Waals surface area contributed by atoms with Crippen LogP contribution >= 0.6 is 0 Å². The minimum absolute atomic E-state index is 0.186. The highest BCUT2D eigenvalue weighted by Crippen LogP contribution is 2.26. The first-order valence-corrected chi connectivity index (χ1v) is 11.1. The molecule has 2 N–H and O–H groups in total. The number of aliphatic carboxylic acids is 1. The van der Waals surface area contributed by atoms with E-state index < -0.39 is 17.0 Å². The molecule has 0 aliphatic carbocycles. The summed E-state index contributed by atoms with van der Waals surface area (Å²) in [5.74, 6) is 0.586. The van der Waals surface area contributed by atoms with Gasteiger partial charge in [0.25, 0.3) is 0 Å². The molecule has 0 bridgehead atoms. The van der Waals surface area contributed by atoms with Gasteiger partial charge < -0.3 is 18.8 Å². The maximum absolute atomic E-state index is 10.7. The minimum Gasteiger partial charge on any atom is -0.493 e. The van der Waals surface area contributed by atoms with E-state index in [0.717, 1.165) is 30.5 Å². The number of unbranched alkanes of at least 4 members (excludes halogenated alkanes) is 2. The van der Waals surface area contributed by atoms with E-state index in [4.69, 9.17) is 18.8 Å². The molecule has 3 aromatic rings. The number of carboxylic acids is 1. The summed E-state index contributed by atoms with van der Waals surface area (Å²) in [6.07, 6.45) is 7.14. The van der Waals surface area contributed by atoms with E-state index in [0.29, 0.717) is 36.7 Å². The molecule has 2 aromatic heterocycles. The fraction of sp³-hybridized carbons (Fsp3) is 0.381. The van der Waals surface area contributed by atoms with Crippen LogP contribution in [0, 0.1) is 0 Å². The smallest absolute Gasteiger partial charge is 0.303 e. The van der Waals surface area contributed by atoms with Gasteiger partial charge in [0.05, 0.1) is 12.4 Å². The van der Waals surface area contributed by atoms with Crippen molar-refractivity contribution in [1.82, 2.24) is 4.98 Å². The normalized spacial score (nSPS) is 12.2. The van der Waals surface area contributed by atoms with E-state index in [-0.39, 0.29) is 12.2 Å². The van der Waals surface area contributed by atoms with Gasteiger partial charge in [0.15, 0.2) is 29.1 Å². The van der Waals surface area contributed by atoms with Crippen molar-refractivity contribution in [1.29, 1.82) is 0 Å². The maximum Gasteiger partial charge on any atom is 0.303 e. The molecule has 8 nitrogen and oxygen atoms in total. The number of hydrogen-bond donors (Lipinski definition) is 2. The quantitative estimate of drug-likeness (QED) is 0.256. The third-order valence-electron chi connectivity index (χ3n) is 4.54. The Morgan fingerprint density at radius 2 is 1.93 bits per heavy atom. The highest BCUT2D eigenvalue weighted by atomic mass is 32.2. The molecule has 0 radical (unpaired) electrons. The van der Waals surface area contributed by atoms with Crippen molar-refractivity contribution in [3.05, 3.63) is 42.7 Å². The molecule has 0 aliphatic heterocycles. The van der Waals surface area contributed by atoms with E-state index in [2.05, 4.69) is 9.55 Å². The van der Waals surface area contributed by atoms with E-state index in [1.54, 1.807) is 12.1 Å². The van der Waals surface area contributed by atoms with Crippen molar-refractivity contribution >= 4 is 28.1 Å². The molecule has 3 rings (SSSR count). The zero-order chi connectivity index (χ0) is 21.3. The summed E-state index contributed by atoms with van der Waals surface area (Å²) in [6.45, 7) is 1.19. The van der Waals surface area contributed by atoms with Gasteiger partial charge in [0.2, 0.25) is 5.89 Å². The molecule has 0 saturated heterocycles. The number of rotatable bonds is 12. The predicted octanol–water partition coefficient (Wildman–Crippen LogP) is 3.42. The van der Waals surface area contributed by atoms with Gasteiger partial charge in [-0.05, 0) is 31.4 Å². The van der Waals surface area contributed by atoms with E-state index >= 15 is 0 Å². The number of carbonyl (C=O) groups is 1. The highest BCUT2D eigenvalue weighted by Gasteiger charge is 2.11. The number of ether oxygens (including phenoxy) is 1. The number of oxazole rings is 1. The number of fused-ring (bicyclic) bond motifs is 1. The van der Waals surface area contributed by atoms with Crippen LogP contribution in [0.1, 0.15) is 32.1 Å². The summed E-state index contributed by atoms with van der Waals surface area (Å²) in [4.78, 5) is 15.0. The predicted molar refractivity (Wildman–Crippen MR) is 111 cm³/mol. The Labute approximate surface area is 176 Å². The number of carboxylic acid groups (broad SMARTS) is 1. The van der Waals surface area contributed by atoms with Crippen LogP contribution in [0.15, 0.2) is 47.1 Å². The number of pyridine rings is 1. The minimum atomic E-state index is -1.80. The van der Waals surface area contributed by atoms with Crippen molar-refractivity contribution in [3.8, 4) is 17.2 Å². The Morgan fingerprint density at radius 3 is 2.67 bits per heavy atom. The van der Waals surface area contributed by atoms with Gasteiger partial charge in [-0.3, -0.25) is 4.79 Å². The Hall–Kier alpha value is -2.78. The van der Waals surface area contributed by atoms with Crippen LogP contribution in [0.25, 0.3) is 22.6 Å². The first-order valence-electron chi connectivity index (χ1n) is 9.83. The lowest BCUT2D eigenvalue weighted by atomic mass is 10.2. The summed E-state index contributed by atoms with van der Waals surface area (Å²) >= 11 is -1.80. The number of benzene rings is 1. The molecule has 30 heavy (non-hydrogen) atoms. The molecule has 1 atom stereocenters. The Morgan fingerprint density at radius 1 is 1.13 bits per heavy atom. The Kier molecular flexibility index (Phi) is 7.92. The SMILES string of the molecule is O=C(O)CCCCC[n+]1ccc(-c2nc3ccc(OCCCS(=O)O)cc3o2)cc1. The van der Waals surface area contributed by atoms with Crippen LogP contribution in [0.5, 0.6) is 5.75 Å². The summed E-state index contributed by atoms with van der Waals surface area (Å²) < 4.78 is 32.9. The fourth-order valence-corrected chi connectivity index (χ4v) is 3.35. The van der Waals surface area contributed by atoms with Crippen LogP contribution in [0.3, 0.4) is 0 Å². The zero-order valence-corrected chi connectivity index (χ0v) is 17.3. The highest BCUT2D eigenvalue weighted by molar-refractivity contribution is 7.79. The topological polar surface area (TPSA) is 114 Å². The monoisotopic (exact) mass is 433 g/mol. The lowest BCUT2D eigenvalue weighted by Crippen LogP contribution is -2.32. The lowest BCUT2D eigenvalue weighted by molar-refractivity contribution is -0.697. The van der Waals surface area contributed by atoms with Gasteiger partial charge in [-0.2, -0.15) is 0 Å². The van der Waals surface area contributed by atoms with Crippen LogP contribution in [0.2, 0.25) is 0 Å². The summed E-state index contributed by atoms with van der Waals surface area (Å²) in [6, 6.07) is 9.26. The van der Waals surface area contributed by atoms with Gasteiger partial charge in [0.1, 0.15) is 17.8 Å². The number of aryl methyl sites for hydroxylation is 1. The van der Waals surface area contributed by atoms with E-state index in [1.807, 2.05) is 30.6 Å². The van der Waals surface area contributed by atoms with Crippen molar-refractivity contribution in [2.75, 3.05) is 12.4 Å². The molecule has 160 valence electrons. The van der Waals surface area contributed by atoms with Crippen LogP contribution in [-0.2, 0) is 22.4 Å². The van der Waals surface area contributed by atoms with Crippen molar-refractivity contribution in [2.24, 2.45) is 0 Å². The molecule has 0 fully saturated rings. The largest absolute Gasteiger partial charge is 0.493 e. The summed E-state index contributed by atoms with van der Waals surface area (Å²) in [5, 5.41) is 8.66. The van der Waals surface area contributed by atoms with Gasteiger partial charge >= 0.3 is 5.97 Å². The fourth-order valence-electron chi connectivity index (χ4n) is 2.99. The Balaban J connectivity index is 1.56. The number of nitrogens with zero attached hydrogens (tertiary/aromatic N) is 2. The second-order valence-electron chi connectivity index (χ2n) is 6.91. The van der Waals surface area contributed by atoms with E-state index in [1.165, 1.54) is 0 Å². The van der Waals surface area contributed by atoms with E-state index in [9.17, 15) is 9.00 Å². The molecule has 0 aliphatic rings. The molecule has 1 aromatic carbocycles. The first kappa shape index (κ1) is 21.9. The third-order valence-corrected chi connectivity index (χ3v) is 5.17. The zero-order valence-electron chi connectivity index (χ0n) is 16.5. The van der Waals surface area contributed by atoms with Gasteiger partial charge in [0, 0.05) is 36.6 Å². The molecular formula is C21H25N2O6S+. The van der Waals surface area contributed by atoms with Crippen molar-refractivity contribution in [3.63, 3.8) is 0 Å². The molecular weight excluding hydrogens is 408 g/mol. The standard InChI is InChI=1S/C21H24N2O6S/c24-20(25)5-2-1-3-10-23-11-8-16(9-12-23)21-22-18-7-6-17(15-19(18)29-21)28-13-4-14-30(26)27/h6-9,11-12,15H,1-5,10,13-14H2,(H-,24,25,26,27)/p+1. The van der Waals surface area contributed by atoms with Crippen LogP contribution < -0.4 is 9.30 Å². The van der Waals surface area contributed by atoms with Crippen molar-refractivity contribution < 1.29 is 32.4 Å². The average Bonchev–Trinajstić information content (AvgIpc) is 3.14. The molecule has 1 unspecified atom stereocenters. The third kappa shape index (κ3) is 6.64. The van der Waals surface area contributed by atoms with Gasteiger partial charge in [-0.25, -0.2) is 13.8 Å². The molecule has 0 spiro atoms. The number of aromatic nitrogens is 2. The van der Waals surface area contributed by atoms with Gasteiger partial charge in [-0.15, -0.1) is 0 Å². The van der Waals surface area contributed by atoms with Crippen LogP contribution in [0.4, 0.5) is 0 Å². The Bertz CT molecular complexity index is 1000. The second-order valence-corrected chi connectivity index (χ2v) is 7.96. The van der Waals surface area contributed by atoms with Crippen LogP contribution in [-0.4, -0.2) is 37.2 Å². The molecule has 0 saturated carbocycles. The lowest BCUT2D eigenvalue weighted by Gasteiger charge is -2.04. The summed E-state index contributed by atoms with van der Waals surface area (Å²) in [7, 11) is 0. The van der Waals surface area contributed by atoms with Crippen molar-refractivity contribution in [2.45, 2.75) is 38.6 Å². The first-order chi connectivity index (χ1) is 14.5. The number of hydrogen-bond acceptors (Lipinski definition) is 5. The van der Waals surface area contributed by atoms with Gasteiger partial charge in [-0.1, -0.05) is 0 Å². The summed E-state index contributed by atoms with van der Waals surface area (Å²) in [5.41, 5.74) is 2.20. The molecule has 9 heteroatoms. The second kappa shape index (κ2) is 10.8. The molecule has 0 amide bonds. The molecule has 2 heterocycles. The maximum atomic E-state index is 10.7. The average molecular weight is 434 g/mol.